The number of fused-ring (bicyclic) bond motifs is 1. The number of hydrogen-bond donors (Lipinski definition) is 0. The van der Waals surface area contributed by atoms with Crippen molar-refractivity contribution in [3.8, 4) is 11.5 Å². The van der Waals surface area contributed by atoms with Crippen LogP contribution in [0.3, 0.4) is 0 Å². The molecule has 0 aliphatic heterocycles. The Balaban J connectivity index is 1.67. The molecule has 27 heavy (non-hydrogen) atoms. The normalized spacial score (nSPS) is 10.9. The van der Waals surface area contributed by atoms with E-state index in [9.17, 15) is 9.18 Å². The van der Waals surface area contributed by atoms with Crippen LogP contribution in [0.1, 0.15) is 21.6 Å². The third-order valence-electron chi connectivity index (χ3n) is 3.99. The zero-order valence-corrected chi connectivity index (χ0v) is 14.5. The Morgan fingerprint density at radius 3 is 2.81 bits per heavy atom. The Bertz CT molecular complexity index is 1120. The third-order valence-corrected chi connectivity index (χ3v) is 3.99. The van der Waals surface area contributed by atoms with Crippen molar-refractivity contribution in [1.29, 1.82) is 0 Å². The minimum absolute atomic E-state index is 0.134. The van der Waals surface area contributed by atoms with Gasteiger partial charge in [0.15, 0.2) is 5.78 Å². The van der Waals surface area contributed by atoms with Gasteiger partial charge in [0.25, 0.3) is 0 Å². The van der Waals surface area contributed by atoms with Gasteiger partial charge in [-0.3, -0.25) is 14.8 Å². The summed E-state index contributed by atoms with van der Waals surface area (Å²) in [4.78, 5) is 25.1. The molecule has 0 saturated carbocycles. The number of halogens is 1. The Kier molecular flexibility index (Phi) is 4.33. The van der Waals surface area contributed by atoms with Crippen molar-refractivity contribution in [2.24, 2.45) is 0 Å². The maximum Gasteiger partial charge on any atom is 0.172 e. The van der Waals surface area contributed by atoms with E-state index in [-0.39, 0.29) is 18.0 Å². The molecule has 0 unspecified atom stereocenters. The average Bonchev–Trinajstić information content (AvgIpc) is 3.11. The monoisotopic (exact) mass is 362 g/mol. The smallest absolute Gasteiger partial charge is 0.172 e. The van der Waals surface area contributed by atoms with Gasteiger partial charge >= 0.3 is 0 Å². The summed E-state index contributed by atoms with van der Waals surface area (Å²) in [5.74, 6) is -0.00972. The third kappa shape index (κ3) is 3.67. The minimum atomic E-state index is -0.502. The first-order valence-corrected chi connectivity index (χ1v) is 8.28. The molecule has 0 bridgehead atoms. The zero-order valence-electron chi connectivity index (χ0n) is 14.5. The molecule has 4 aromatic heterocycles. The van der Waals surface area contributed by atoms with Crippen molar-refractivity contribution in [2.75, 3.05) is 0 Å². The highest BCUT2D eigenvalue weighted by Crippen LogP contribution is 2.25. The van der Waals surface area contributed by atoms with Gasteiger partial charge in [-0.1, -0.05) is 6.07 Å². The van der Waals surface area contributed by atoms with Crippen molar-refractivity contribution in [3.05, 3.63) is 84.1 Å². The topological polar surface area (TPSA) is 69.4 Å². The summed E-state index contributed by atoms with van der Waals surface area (Å²) in [7, 11) is 0. The average molecular weight is 362 g/mol. The van der Waals surface area contributed by atoms with Crippen LogP contribution in [0.5, 0.6) is 11.5 Å². The Hall–Kier alpha value is -3.61. The van der Waals surface area contributed by atoms with Crippen LogP contribution in [-0.2, 0) is 6.42 Å². The molecular weight excluding hydrogens is 347 g/mol. The minimum Gasteiger partial charge on any atom is -0.454 e. The second-order valence-corrected chi connectivity index (χ2v) is 6.12. The van der Waals surface area contributed by atoms with E-state index in [0.29, 0.717) is 22.7 Å². The van der Waals surface area contributed by atoms with Gasteiger partial charge in [0, 0.05) is 30.4 Å². The molecule has 4 heterocycles. The number of ether oxygens (including phenoxy) is 1. The molecule has 0 radical (unpaired) electrons. The number of aromatic nitrogens is 4. The fraction of sp³-hybridized carbons (Fsp3) is 0.100. The van der Waals surface area contributed by atoms with Crippen LogP contribution in [0.2, 0.25) is 0 Å². The van der Waals surface area contributed by atoms with E-state index in [1.165, 1.54) is 12.3 Å². The fourth-order valence-corrected chi connectivity index (χ4v) is 2.71. The SMILES string of the molecule is Cc1ccc(CC(=O)c2cc(Oc3cncc(F)c3)cn3ccnc23)nc1. The van der Waals surface area contributed by atoms with Crippen molar-refractivity contribution in [1.82, 2.24) is 19.4 Å². The first-order chi connectivity index (χ1) is 13.1. The lowest BCUT2D eigenvalue weighted by molar-refractivity contribution is 0.0992. The number of Topliss-reactive ketones (excluding diaryl/α,β-unsaturated/α-hetero) is 1. The molecule has 0 aliphatic rings. The number of aryl methyl sites for hydroxylation is 1. The van der Waals surface area contributed by atoms with Gasteiger partial charge in [0.05, 0.1) is 30.6 Å². The Morgan fingerprint density at radius 1 is 1.15 bits per heavy atom. The highest BCUT2D eigenvalue weighted by atomic mass is 19.1. The molecular formula is C20H15FN4O2. The van der Waals surface area contributed by atoms with E-state index in [1.54, 1.807) is 35.3 Å². The summed E-state index contributed by atoms with van der Waals surface area (Å²) in [5.41, 5.74) is 2.64. The van der Waals surface area contributed by atoms with E-state index in [1.807, 2.05) is 19.1 Å². The van der Waals surface area contributed by atoms with Crippen LogP contribution in [0.25, 0.3) is 5.65 Å². The number of carbonyl (C=O) groups excluding carboxylic acids is 1. The maximum atomic E-state index is 13.3. The summed E-state index contributed by atoms with van der Waals surface area (Å²) in [6.45, 7) is 1.94. The highest BCUT2D eigenvalue weighted by molar-refractivity contribution is 6.02. The molecule has 7 heteroatoms. The molecule has 0 aliphatic carbocycles. The number of nitrogens with zero attached hydrogens (tertiary/aromatic N) is 4. The van der Waals surface area contributed by atoms with Gasteiger partial charge in [-0.05, 0) is 24.6 Å². The quantitative estimate of drug-likeness (QED) is 0.505. The van der Waals surface area contributed by atoms with Gasteiger partial charge in [-0.2, -0.15) is 0 Å². The lowest BCUT2D eigenvalue weighted by Crippen LogP contribution is -2.08. The van der Waals surface area contributed by atoms with Crippen LogP contribution >= 0.6 is 0 Å². The summed E-state index contributed by atoms with van der Waals surface area (Å²) in [6.07, 6.45) is 9.36. The van der Waals surface area contributed by atoms with Crippen LogP contribution in [0, 0.1) is 12.7 Å². The van der Waals surface area contributed by atoms with Crippen LogP contribution < -0.4 is 4.74 Å². The van der Waals surface area contributed by atoms with E-state index in [4.69, 9.17) is 4.74 Å². The largest absolute Gasteiger partial charge is 0.454 e. The van der Waals surface area contributed by atoms with Gasteiger partial charge in [0.1, 0.15) is 23.0 Å². The van der Waals surface area contributed by atoms with Gasteiger partial charge in [-0.15, -0.1) is 0 Å². The molecule has 0 spiro atoms. The standard InChI is InChI=1S/C20H15FN4O2/c1-13-2-3-15(24-9-13)7-19(26)18-8-17(12-25-5-4-23-20(18)25)27-16-6-14(21)10-22-11-16/h2-6,8-12H,7H2,1H3. The first-order valence-electron chi connectivity index (χ1n) is 8.28. The van der Waals surface area contributed by atoms with Crippen LogP contribution in [-0.4, -0.2) is 25.1 Å². The van der Waals surface area contributed by atoms with Crippen LogP contribution in [0.4, 0.5) is 4.39 Å². The molecule has 0 atom stereocenters. The van der Waals surface area contributed by atoms with E-state index in [2.05, 4.69) is 15.0 Å². The van der Waals surface area contributed by atoms with E-state index in [0.717, 1.165) is 11.8 Å². The number of rotatable bonds is 5. The first kappa shape index (κ1) is 16.8. The van der Waals surface area contributed by atoms with Gasteiger partial charge in [0.2, 0.25) is 0 Å². The molecule has 0 fully saturated rings. The lowest BCUT2D eigenvalue weighted by Gasteiger charge is -2.09. The molecule has 0 N–H and O–H groups in total. The number of hydrogen-bond acceptors (Lipinski definition) is 5. The van der Waals surface area contributed by atoms with Crippen molar-refractivity contribution in [3.63, 3.8) is 0 Å². The molecule has 0 saturated heterocycles. The van der Waals surface area contributed by atoms with Crippen molar-refractivity contribution >= 4 is 11.4 Å². The Morgan fingerprint density at radius 2 is 2.04 bits per heavy atom. The van der Waals surface area contributed by atoms with Crippen molar-refractivity contribution < 1.29 is 13.9 Å². The predicted molar refractivity (Wildman–Crippen MR) is 96.5 cm³/mol. The molecule has 4 aromatic rings. The second-order valence-electron chi connectivity index (χ2n) is 6.12. The maximum absolute atomic E-state index is 13.3. The number of pyridine rings is 3. The predicted octanol–water partition coefficient (Wildman–Crippen LogP) is 3.79. The molecule has 4 rings (SSSR count). The number of imidazole rings is 1. The molecule has 0 amide bonds. The summed E-state index contributed by atoms with van der Waals surface area (Å²) < 4.78 is 20.7. The zero-order chi connectivity index (χ0) is 18.8. The fourth-order valence-electron chi connectivity index (χ4n) is 2.71. The number of ketones is 1. The lowest BCUT2D eigenvalue weighted by atomic mass is 10.1. The molecule has 6 nitrogen and oxygen atoms in total. The number of carbonyl (C=O) groups is 1. The Labute approximate surface area is 154 Å². The van der Waals surface area contributed by atoms with E-state index >= 15 is 0 Å². The van der Waals surface area contributed by atoms with E-state index < -0.39 is 5.82 Å². The summed E-state index contributed by atoms with van der Waals surface area (Å²) in [5, 5.41) is 0. The van der Waals surface area contributed by atoms with Crippen LogP contribution in [0.15, 0.2) is 61.4 Å². The summed E-state index contributed by atoms with van der Waals surface area (Å²) >= 11 is 0. The molecule has 0 aromatic carbocycles. The molecule has 134 valence electrons. The van der Waals surface area contributed by atoms with Gasteiger partial charge in [-0.25, -0.2) is 9.37 Å². The van der Waals surface area contributed by atoms with Crippen molar-refractivity contribution in [2.45, 2.75) is 13.3 Å². The second kappa shape index (κ2) is 6.95. The van der Waals surface area contributed by atoms with Gasteiger partial charge < -0.3 is 9.14 Å². The summed E-state index contributed by atoms with van der Waals surface area (Å²) in [6, 6.07) is 6.57. The highest BCUT2D eigenvalue weighted by Gasteiger charge is 2.16.